The Morgan fingerprint density at radius 3 is 2.76 bits per heavy atom. The zero-order valence-corrected chi connectivity index (χ0v) is 11.2. The molecule has 0 aliphatic carbocycles. The van der Waals surface area contributed by atoms with E-state index in [0.29, 0.717) is 11.0 Å². The standard InChI is InChI=1S/C12H13BrN2O2/c1-4-12(2,3)14-8-9-6-5-7-10(11(9)13)15(16)17/h1,5-7,14H,8H2,2-3H3. The topological polar surface area (TPSA) is 55.2 Å². The SMILES string of the molecule is C#CC(C)(C)NCc1cccc([N+](=O)[O-])c1Br. The molecule has 17 heavy (non-hydrogen) atoms. The van der Waals surface area contributed by atoms with E-state index in [1.807, 2.05) is 19.9 Å². The number of nitro groups is 1. The Morgan fingerprint density at radius 1 is 1.59 bits per heavy atom. The Hall–Kier alpha value is -1.38. The molecule has 5 heteroatoms. The summed E-state index contributed by atoms with van der Waals surface area (Å²) >= 11 is 3.24. The Labute approximate surface area is 109 Å². The molecule has 1 N–H and O–H groups in total. The van der Waals surface area contributed by atoms with Gasteiger partial charge in [0.15, 0.2) is 0 Å². The maximum atomic E-state index is 10.8. The van der Waals surface area contributed by atoms with E-state index < -0.39 is 10.5 Å². The number of hydrogen-bond acceptors (Lipinski definition) is 3. The van der Waals surface area contributed by atoms with Crippen LogP contribution >= 0.6 is 15.9 Å². The molecule has 90 valence electrons. The molecule has 0 saturated carbocycles. The molecule has 0 spiro atoms. The van der Waals surface area contributed by atoms with E-state index in [-0.39, 0.29) is 5.69 Å². The fourth-order valence-corrected chi connectivity index (χ4v) is 1.76. The number of halogens is 1. The Balaban J connectivity index is 2.91. The fourth-order valence-electron chi connectivity index (χ4n) is 1.21. The van der Waals surface area contributed by atoms with E-state index in [1.165, 1.54) is 6.07 Å². The summed E-state index contributed by atoms with van der Waals surface area (Å²) in [4.78, 5) is 10.3. The van der Waals surface area contributed by atoms with Gasteiger partial charge < -0.3 is 0 Å². The number of rotatable bonds is 4. The van der Waals surface area contributed by atoms with Crippen LogP contribution in [0, 0.1) is 22.5 Å². The molecule has 0 aromatic heterocycles. The summed E-state index contributed by atoms with van der Waals surface area (Å²) in [7, 11) is 0. The molecule has 0 fully saturated rings. The van der Waals surface area contributed by atoms with Crippen LogP contribution in [0.2, 0.25) is 0 Å². The van der Waals surface area contributed by atoms with E-state index in [2.05, 4.69) is 27.2 Å². The van der Waals surface area contributed by atoms with Gasteiger partial charge >= 0.3 is 0 Å². The maximum Gasteiger partial charge on any atom is 0.283 e. The van der Waals surface area contributed by atoms with Gasteiger partial charge in [-0.25, -0.2) is 0 Å². The van der Waals surface area contributed by atoms with Crippen LogP contribution in [0.1, 0.15) is 19.4 Å². The third kappa shape index (κ3) is 3.55. The highest BCUT2D eigenvalue weighted by atomic mass is 79.9. The van der Waals surface area contributed by atoms with Crippen molar-refractivity contribution < 1.29 is 4.92 Å². The number of nitrogens with zero attached hydrogens (tertiary/aromatic N) is 1. The zero-order chi connectivity index (χ0) is 13.1. The number of hydrogen-bond donors (Lipinski definition) is 1. The van der Waals surface area contributed by atoms with Crippen LogP contribution in [-0.2, 0) is 6.54 Å². The van der Waals surface area contributed by atoms with Gasteiger partial charge in [-0.3, -0.25) is 15.4 Å². The third-order valence-corrected chi connectivity index (χ3v) is 3.25. The van der Waals surface area contributed by atoms with Gasteiger partial charge in [0.25, 0.3) is 5.69 Å². The molecular formula is C12H13BrN2O2. The van der Waals surface area contributed by atoms with Crippen LogP contribution in [0.3, 0.4) is 0 Å². The summed E-state index contributed by atoms with van der Waals surface area (Å²) in [6.07, 6.45) is 5.35. The van der Waals surface area contributed by atoms with Crippen LogP contribution < -0.4 is 5.32 Å². The minimum atomic E-state index is -0.440. The lowest BCUT2D eigenvalue weighted by atomic mass is 10.1. The summed E-state index contributed by atoms with van der Waals surface area (Å²) in [5.74, 6) is 2.61. The number of benzene rings is 1. The Morgan fingerprint density at radius 2 is 2.24 bits per heavy atom. The predicted octanol–water partition coefficient (Wildman–Crippen LogP) is 2.86. The maximum absolute atomic E-state index is 10.8. The molecule has 0 unspecified atom stereocenters. The monoisotopic (exact) mass is 296 g/mol. The van der Waals surface area contributed by atoms with Crippen LogP contribution in [0.25, 0.3) is 0 Å². The first-order valence-electron chi connectivity index (χ1n) is 5.02. The highest BCUT2D eigenvalue weighted by Gasteiger charge is 2.17. The second-order valence-corrected chi connectivity index (χ2v) is 4.92. The fraction of sp³-hybridized carbons (Fsp3) is 0.333. The van der Waals surface area contributed by atoms with Crippen molar-refractivity contribution in [1.29, 1.82) is 0 Å². The van der Waals surface area contributed by atoms with Gasteiger partial charge in [-0.1, -0.05) is 18.1 Å². The molecular weight excluding hydrogens is 284 g/mol. The van der Waals surface area contributed by atoms with E-state index in [1.54, 1.807) is 6.07 Å². The molecule has 0 atom stereocenters. The quantitative estimate of drug-likeness (QED) is 0.528. The molecule has 1 aromatic rings. The minimum absolute atomic E-state index is 0.0582. The predicted molar refractivity (Wildman–Crippen MR) is 70.5 cm³/mol. The molecule has 4 nitrogen and oxygen atoms in total. The molecule has 0 saturated heterocycles. The summed E-state index contributed by atoms with van der Waals surface area (Å²) in [5, 5.41) is 13.9. The second-order valence-electron chi connectivity index (χ2n) is 4.13. The molecule has 1 rings (SSSR count). The molecule has 0 radical (unpaired) electrons. The van der Waals surface area contributed by atoms with Gasteiger partial charge in [0, 0.05) is 12.6 Å². The minimum Gasteiger partial charge on any atom is -0.297 e. The Bertz CT molecular complexity index is 478. The van der Waals surface area contributed by atoms with Gasteiger partial charge in [0.05, 0.1) is 14.9 Å². The van der Waals surface area contributed by atoms with Crippen LogP contribution in [0.15, 0.2) is 22.7 Å². The van der Waals surface area contributed by atoms with Crippen molar-refractivity contribution in [3.05, 3.63) is 38.3 Å². The van der Waals surface area contributed by atoms with E-state index in [4.69, 9.17) is 6.42 Å². The van der Waals surface area contributed by atoms with Crippen LogP contribution in [0.4, 0.5) is 5.69 Å². The van der Waals surface area contributed by atoms with Crippen LogP contribution in [-0.4, -0.2) is 10.5 Å². The second kappa shape index (κ2) is 5.30. The number of nitrogens with one attached hydrogen (secondary N) is 1. The van der Waals surface area contributed by atoms with Gasteiger partial charge in [-0.2, -0.15) is 0 Å². The number of nitro benzene ring substituents is 1. The summed E-state index contributed by atoms with van der Waals surface area (Å²) < 4.78 is 0.491. The summed E-state index contributed by atoms with van der Waals surface area (Å²) in [6.45, 7) is 4.22. The Kier molecular flexibility index (Phi) is 4.27. The normalized spacial score (nSPS) is 10.9. The molecule has 0 heterocycles. The lowest BCUT2D eigenvalue weighted by Gasteiger charge is -2.19. The van der Waals surface area contributed by atoms with Gasteiger partial charge in [0.1, 0.15) is 0 Å². The molecule has 0 bridgehead atoms. The lowest BCUT2D eigenvalue weighted by Crippen LogP contribution is -2.37. The first-order chi connectivity index (χ1) is 7.87. The van der Waals surface area contributed by atoms with Crippen molar-refractivity contribution in [1.82, 2.24) is 5.32 Å². The summed E-state index contributed by atoms with van der Waals surface area (Å²) in [5.41, 5.74) is 0.426. The smallest absolute Gasteiger partial charge is 0.283 e. The van der Waals surface area contributed by atoms with E-state index in [9.17, 15) is 10.1 Å². The van der Waals surface area contributed by atoms with Crippen molar-refractivity contribution in [2.24, 2.45) is 0 Å². The van der Waals surface area contributed by atoms with Crippen molar-refractivity contribution in [3.63, 3.8) is 0 Å². The van der Waals surface area contributed by atoms with E-state index in [0.717, 1.165) is 5.56 Å². The number of terminal acetylenes is 1. The third-order valence-electron chi connectivity index (χ3n) is 2.34. The first kappa shape index (κ1) is 13.7. The summed E-state index contributed by atoms with van der Waals surface area (Å²) in [6, 6.07) is 4.93. The van der Waals surface area contributed by atoms with Gasteiger partial charge in [0.2, 0.25) is 0 Å². The largest absolute Gasteiger partial charge is 0.297 e. The molecule has 0 aliphatic heterocycles. The van der Waals surface area contributed by atoms with Gasteiger partial charge in [-0.15, -0.1) is 6.42 Å². The van der Waals surface area contributed by atoms with Crippen molar-refractivity contribution >= 4 is 21.6 Å². The highest BCUT2D eigenvalue weighted by molar-refractivity contribution is 9.10. The van der Waals surface area contributed by atoms with E-state index >= 15 is 0 Å². The van der Waals surface area contributed by atoms with Crippen LogP contribution in [0.5, 0.6) is 0 Å². The molecule has 1 aromatic carbocycles. The van der Waals surface area contributed by atoms with Crippen molar-refractivity contribution in [2.75, 3.05) is 0 Å². The van der Waals surface area contributed by atoms with Crippen molar-refractivity contribution in [3.8, 4) is 12.3 Å². The lowest BCUT2D eigenvalue weighted by molar-refractivity contribution is -0.385. The first-order valence-corrected chi connectivity index (χ1v) is 5.81. The average Bonchev–Trinajstić information content (AvgIpc) is 2.27. The van der Waals surface area contributed by atoms with Gasteiger partial charge in [-0.05, 0) is 35.3 Å². The zero-order valence-electron chi connectivity index (χ0n) is 9.66. The highest BCUT2D eigenvalue weighted by Crippen LogP contribution is 2.28. The average molecular weight is 297 g/mol. The molecule has 0 amide bonds. The molecule has 0 aliphatic rings. The van der Waals surface area contributed by atoms with Crippen molar-refractivity contribution in [2.45, 2.75) is 25.9 Å².